The predicted octanol–water partition coefficient (Wildman–Crippen LogP) is 3.35. The first kappa shape index (κ1) is 14.7. The number of rotatable bonds is 3. The molecule has 0 saturated carbocycles. The van der Waals surface area contributed by atoms with Crippen LogP contribution in [0.1, 0.15) is 10.4 Å². The summed E-state index contributed by atoms with van der Waals surface area (Å²) in [6.07, 6.45) is 0. The third kappa shape index (κ3) is 3.09. The first-order valence-electron chi connectivity index (χ1n) is 5.63. The summed E-state index contributed by atoms with van der Waals surface area (Å²) in [5.41, 5.74) is -1.25. The van der Waals surface area contributed by atoms with Crippen LogP contribution in [0.3, 0.4) is 0 Å². The lowest BCUT2D eigenvalue weighted by molar-refractivity contribution is -0.384. The summed E-state index contributed by atoms with van der Waals surface area (Å²) in [5, 5.41) is 22.7. The van der Waals surface area contributed by atoms with E-state index < -0.39 is 33.8 Å². The van der Waals surface area contributed by atoms with Crippen LogP contribution < -0.4 is 5.32 Å². The third-order valence-corrected chi connectivity index (χ3v) is 2.87. The maximum atomic E-state index is 13.6. The summed E-state index contributed by atoms with van der Waals surface area (Å²) >= 11 is 5.57. The molecule has 21 heavy (non-hydrogen) atoms. The lowest BCUT2D eigenvalue weighted by atomic mass is 10.2. The van der Waals surface area contributed by atoms with Gasteiger partial charge >= 0.3 is 0 Å². The van der Waals surface area contributed by atoms with Crippen LogP contribution in [0.5, 0.6) is 5.75 Å². The average molecular weight is 311 g/mol. The van der Waals surface area contributed by atoms with Gasteiger partial charge in [0, 0.05) is 11.1 Å². The molecule has 0 aliphatic carbocycles. The van der Waals surface area contributed by atoms with Gasteiger partial charge in [-0.05, 0) is 24.3 Å². The molecule has 0 atom stereocenters. The first-order valence-corrected chi connectivity index (χ1v) is 6.00. The Morgan fingerprint density at radius 1 is 1.33 bits per heavy atom. The molecule has 0 saturated heterocycles. The van der Waals surface area contributed by atoms with E-state index in [1.807, 2.05) is 0 Å². The predicted molar refractivity (Wildman–Crippen MR) is 74.1 cm³/mol. The van der Waals surface area contributed by atoms with Crippen LogP contribution in [0.15, 0.2) is 36.4 Å². The normalized spacial score (nSPS) is 10.2. The Hall–Kier alpha value is -2.67. The molecular formula is C13H8ClFN2O4. The highest BCUT2D eigenvalue weighted by atomic mass is 35.5. The van der Waals surface area contributed by atoms with Gasteiger partial charge < -0.3 is 10.4 Å². The molecule has 0 aromatic heterocycles. The zero-order chi connectivity index (χ0) is 15.6. The summed E-state index contributed by atoms with van der Waals surface area (Å²) in [4.78, 5) is 22.0. The van der Waals surface area contributed by atoms with E-state index in [4.69, 9.17) is 11.6 Å². The summed E-state index contributed by atoms with van der Waals surface area (Å²) in [6.45, 7) is 0. The zero-order valence-corrected chi connectivity index (χ0v) is 11.1. The maximum Gasteiger partial charge on any atom is 0.296 e. The molecule has 2 N–H and O–H groups in total. The van der Waals surface area contributed by atoms with E-state index in [2.05, 4.69) is 5.32 Å². The molecule has 8 heteroatoms. The molecule has 0 bridgehead atoms. The van der Waals surface area contributed by atoms with E-state index in [0.717, 1.165) is 18.2 Å². The highest BCUT2D eigenvalue weighted by molar-refractivity contribution is 6.30. The minimum Gasteiger partial charge on any atom is -0.505 e. The van der Waals surface area contributed by atoms with Crippen LogP contribution in [0.25, 0.3) is 0 Å². The number of nitro groups is 1. The molecule has 2 aromatic carbocycles. The van der Waals surface area contributed by atoms with Crippen LogP contribution in [0, 0.1) is 15.9 Å². The van der Waals surface area contributed by atoms with Crippen LogP contribution in [0.4, 0.5) is 15.8 Å². The number of phenolic OH excluding ortho intramolecular Hbond substituents is 1. The van der Waals surface area contributed by atoms with Crippen LogP contribution >= 0.6 is 11.6 Å². The SMILES string of the molecule is O=C(Nc1c(O)cccc1[N+](=O)[O-])c1ccc(Cl)cc1F. The first-order chi connectivity index (χ1) is 9.90. The molecule has 108 valence electrons. The summed E-state index contributed by atoms with van der Waals surface area (Å²) < 4.78 is 13.6. The molecule has 2 aromatic rings. The number of benzene rings is 2. The van der Waals surface area contributed by atoms with Crippen LogP contribution in [0.2, 0.25) is 5.02 Å². The molecule has 6 nitrogen and oxygen atoms in total. The number of aromatic hydroxyl groups is 1. The van der Waals surface area contributed by atoms with Gasteiger partial charge in [-0.2, -0.15) is 0 Å². The Kier molecular flexibility index (Phi) is 4.04. The lowest BCUT2D eigenvalue weighted by Crippen LogP contribution is -2.15. The Balaban J connectivity index is 2.38. The number of carbonyl (C=O) groups excluding carboxylic acids is 1. The summed E-state index contributed by atoms with van der Waals surface area (Å²) in [5.74, 6) is -2.31. The van der Waals surface area contributed by atoms with E-state index in [-0.39, 0.29) is 10.6 Å². The molecule has 0 fully saturated rings. The minimum absolute atomic E-state index is 0.109. The number of carbonyl (C=O) groups is 1. The topological polar surface area (TPSA) is 92.5 Å². The van der Waals surface area contributed by atoms with Crippen LogP contribution in [-0.4, -0.2) is 15.9 Å². The standard InChI is InChI=1S/C13H8ClFN2O4/c14-7-4-5-8(9(15)6-7)13(19)16-12-10(17(20)21)2-1-3-11(12)18/h1-6,18H,(H,16,19). The zero-order valence-electron chi connectivity index (χ0n) is 10.3. The molecule has 0 spiro atoms. The number of para-hydroxylation sites is 1. The van der Waals surface area contributed by atoms with E-state index >= 15 is 0 Å². The number of hydrogen-bond acceptors (Lipinski definition) is 4. The monoisotopic (exact) mass is 310 g/mol. The van der Waals surface area contributed by atoms with Crippen molar-refractivity contribution in [2.24, 2.45) is 0 Å². The van der Waals surface area contributed by atoms with Crippen molar-refractivity contribution in [1.29, 1.82) is 0 Å². The molecule has 0 heterocycles. The van der Waals surface area contributed by atoms with Crippen molar-refractivity contribution in [3.63, 3.8) is 0 Å². The fourth-order valence-electron chi connectivity index (χ4n) is 1.66. The van der Waals surface area contributed by atoms with Gasteiger partial charge in [-0.25, -0.2) is 4.39 Å². The number of nitro benzene ring substituents is 1. The Morgan fingerprint density at radius 3 is 2.67 bits per heavy atom. The number of amides is 1. The second kappa shape index (κ2) is 5.76. The van der Waals surface area contributed by atoms with E-state index in [0.29, 0.717) is 0 Å². The Bertz CT molecular complexity index is 736. The van der Waals surface area contributed by atoms with Crippen molar-refractivity contribution in [2.45, 2.75) is 0 Å². The largest absolute Gasteiger partial charge is 0.505 e. The molecule has 0 aliphatic rings. The Morgan fingerprint density at radius 2 is 2.05 bits per heavy atom. The molecule has 1 amide bonds. The summed E-state index contributed by atoms with van der Waals surface area (Å²) in [6, 6.07) is 6.91. The highest BCUT2D eigenvalue weighted by Crippen LogP contribution is 2.33. The van der Waals surface area contributed by atoms with Gasteiger partial charge in [-0.15, -0.1) is 0 Å². The van der Waals surface area contributed by atoms with E-state index in [9.17, 15) is 24.4 Å². The van der Waals surface area contributed by atoms with Crippen molar-refractivity contribution in [2.75, 3.05) is 5.32 Å². The highest BCUT2D eigenvalue weighted by Gasteiger charge is 2.21. The number of halogens is 2. The fraction of sp³-hybridized carbons (Fsp3) is 0. The minimum atomic E-state index is -0.936. The van der Waals surface area contributed by atoms with Crippen LogP contribution in [-0.2, 0) is 0 Å². The molecule has 0 radical (unpaired) electrons. The van der Waals surface area contributed by atoms with Crippen molar-refractivity contribution in [1.82, 2.24) is 0 Å². The smallest absolute Gasteiger partial charge is 0.296 e. The Labute approximate surface area is 122 Å². The summed E-state index contributed by atoms with van der Waals surface area (Å²) in [7, 11) is 0. The molecule has 0 aliphatic heterocycles. The third-order valence-electron chi connectivity index (χ3n) is 2.63. The van der Waals surface area contributed by atoms with Gasteiger partial charge in [0.1, 0.15) is 11.6 Å². The molecule has 0 unspecified atom stereocenters. The number of anilines is 1. The number of hydrogen-bond donors (Lipinski definition) is 2. The number of phenols is 1. The number of nitrogens with one attached hydrogen (secondary N) is 1. The molecular weight excluding hydrogens is 303 g/mol. The van der Waals surface area contributed by atoms with Gasteiger partial charge in [0.05, 0.1) is 10.5 Å². The lowest BCUT2D eigenvalue weighted by Gasteiger charge is -2.08. The van der Waals surface area contributed by atoms with E-state index in [1.165, 1.54) is 18.2 Å². The second-order valence-electron chi connectivity index (χ2n) is 4.01. The number of nitrogens with zero attached hydrogens (tertiary/aromatic N) is 1. The van der Waals surface area contributed by atoms with Gasteiger partial charge in [0.15, 0.2) is 5.69 Å². The van der Waals surface area contributed by atoms with Gasteiger partial charge in [0.2, 0.25) is 0 Å². The van der Waals surface area contributed by atoms with Gasteiger partial charge in [-0.1, -0.05) is 17.7 Å². The van der Waals surface area contributed by atoms with Gasteiger partial charge in [0.25, 0.3) is 11.6 Å². The van der Waals surface area contributed by atoms with Crippen molar-refractivity contribution in [3.8, 4) is 5.75 Å². The van der Waals surface area contributed by atoms with Crippen molar-refractivity contribution < 1.29 is 19.2 Å². The van der Waals surface area contributed by atoms with Gasteiger partial charge in [-0.3, -0.25) is 14.9 Å². The van der Waals surface area contributed by atoms with Crippen molar-refractivity contribution >= 4 is 28.9 Å². The average Bonchev–Trinajstić information content (AvgIpc) is 2.40. The van der Waals surface area contributed by atoms with E-state index in [1.54, 1.807) is 0 Å². The maximum absolute atomic E-state index is 13.6. The van der Waals surface area contributed by atoms with Crippen molar-refractivity contribution in [3.05, 3.63) is 62.9 Å². The second-order valence-corrected chi connectivity index (χ2v) is 4.44. The molecule has 2 rings (SSSR count). The quantitative estimate of drug-likeness (QED) is 0.516. The fourth-order valence-corrected chi connectivity index (χ4v) is 1.82.